The smallest absolute Gasteiger partial charge is 0.336 e. The molecule has 0 aliphatic carbocycles. The predicted molar refractivity (Wildman–Crippen MR) is 158 cm³/mol. The first-order valence-corrected chi connectivity index (χ1v) is 14.2. The average molecular weight is 557 g/mol. The number of benzene rings is 3. The van der Waals surface area contributed by atoms with Crippen LogP contribution in [0.5, 0.6) is 0 Å². The Morgan fingerprint density at radius 2 is 1.44 bits per heavy atom. The summed E-state index contributed by atoms with van der Waals surface area (Å²) < 4.78 is 0.899. The standard InChI is InChI=1S/C31H28N2O4S2/c1-21(30(36)37-33-27(34)17-18-28(33)35)10-9-19-39-31(38)29-23-13-5-7-15-25(23)32(20-22-11-3-2-4-12-22)26-16-8-6-14-24(26)29/h2-8,11-16,38H,1,9-10,17-20H2. The van der Waals surface area contributed by atoms with E-state index in [0.717, 1.165) is 38.9 Å². The zero-order valence-corrected chi connectivity index (χ0v) is 23.0. The normalized spacial score (nSPS) is 14.2. The minimum absolute atomic E-state index is 0.0604. The van der Waals surface area contributed by atoms with Gasteiger partial charge in [-0.3, -0.25) is 9.59 Å². The third-order valence-electron chi connectivity index (χ3n) is 6.66. The first kappa shape index (κ1) is 26.8. The van der Waals surface area contributed by atoms with Gasteiger partial charge in [0, 0.05) is 57.3 Å². The molecule has 2 aliphatic heterocycles. The Bertz CT molecular complexity index is 1400. The lowest BCUT2D eigenvalue weighted by Crippen LogP contribution is -2.32. The van der Waals surface area contributed by atoms with Crippen LogP contribution in [0.25, 0.3) is 5.57 Å². The minimum Gasteiger partial charge on any atom is -0.336 e. The first-order valence-electron chi connectivity index (χ1n) is 12.8. The second-order valence-electron chi connectivity index (χ2n) is 9.30. The molecule has 0 bridgehead atoms. The zero-order chi connectivity index (χ0) is 27.4. The molecule has 0 spiro atoms. The van der Waals surface area contributed by atoms with Crippen LogP contribution in [0, 0.1) is 0 Å². The maximum atomic E-state index is 12.3. The third-order valence-corrected chi connectivity index (χ3v) is 8.24. The summed E-state index contributed by atoms with van der Waals surface area (Å²) in [5.74, 6) is -1.05. The molecule has 2 heterocycles. The van der Waals surface area contributed by atoms with Crippen molar-refractivity contribution in [2.45, 2.75) is 32.2 Å². The number of fused-ring (bicyclic) bond motifs is 2. The molecule has 8 heteroatoms. The zero-order valence-electron chi connectivity index (χ0n) is 21.3. The third kappa shape index (κ3) is 5.82. The average Bonchev–Trinajstić information content (AvgIpc) is 3.27. The molecular weight excluding hydrogens is 528 g/mol. The highest BCUT2D eigenvalue weighted by molar-refractivity contribution is 8.15. The Morgan fingerprint density at radius 1 is 0.872 bits per heavy atom. The summed E-state index contributed by atoms with van der Waals surface area (Å²) in [6, 6.07) is 27.2. The van der Waals surface area contributed by atoms with Crippen LogP contribution in [0.3, 0.4) is 0 Å². The Kier molecular flexibility index (Phi) is 8.24. The molecular formula is C31H28N2O4S2. The van der Waals surface area contributed by atoms with Gasteiger partial charge >= 0.3 is 5.97 Å². The number of nitrogens with zero attached hydrogens (tertiary/aromatic N) is 2. The summed E-state index contributed by atoms with van der Waals surface area (Å²) >= 11 is 6.56. The second kappa shape index (κ2) is 12.0. The van der Waals surface area contributed by atoms with Crippen molar-refractivity contribution in [3.63, 3.8) is 0 Å². The number of para-hydroxylation sites is 2. The fourth-order valence-corrected chi connectivity index (χ4v) is 6.08. The molecule has 0 aromatic heterocycles. The van der Waals surface area contributed by atoms with Crippen LogP contribution in [0.1, 0.15) is 42.4 Å². The molecule has 2 amide bonds. The van der Waals surface area contributed by atoms with Gasteiger partial charge in [-0.1, -0.05) is 73.3 Å². The van der Waals surface area contributed by atoms with Crippen LogP contribution in [-0.4, -0.2) is 28.6 Å². The highest BCUT2D eigenvalue weighted by atomic mass is 32.2. The van der Waals surface area contributed by atoms with E-state index in [-0.39, 0.29) is 18.4 Å². The Morgan fingerprint density at radius 3 is 2.05 bits per heavy atom. The van der Waals surface area contributed by atoms with Crippen molar-refractivity contribution in [1.82, 2.24) is 5.06 Å². The lowest BCUT2D eigenvalue weighted by Gasteiger charge is -2.35. The molecule has 0 atom stereocenters. The van der Waals surface area contributed by atoms with Crippen LogP contribution in [0.2, 0.25) is 0 Å². The van der Waals surface area contributed by atoms with Gasteiger partial charge in [-0.15, -0.1) is 29.5 Å². The monoisotopic (exact) mass is 556 g/mol. The molecule has 0 saturated carbocycles. The SMILES string of the molecule is C=C(CCCSC(S)=C1c2ccccc2N(Cc2ccccc2)c2ccccc21)C(=O)ON1C(=O)CCC1=O. The number of rotatable bonds is 9. The van der Waals surface area contributed by atoms with Crippen LogP contribution >= 0.6 is 24.4 Å². The molecule has 0 N–H and O–H groups in total. The lowest BCUT2D eigenvalue weighted by atomic mass is 9.91. The van der Waals surface area contributed by atoms with Gasteiger partial charge < -0.3 is 9.74 Å². The van der Waals surface area contributed by atoms with Crippen molar-refractivity contribution >= 4 is 59.1 Å². The van der Waals surface area contributed by atoms with Gasteiger partial charge in [0.2, 0.25) is 0 Å². The summed E-state index contributed by atoms with van der Waals surface area (Å²) in [6.45, 7) is 4.54. The number of amides is 2. The molecule has 3 aromatic rings. The molecule has 0 radical (unpaired) electrons. The van der Waals surface area contributed by atoms with Gasteiger partial charge in [0.1, 0.15) is 0 Å². The summed E-state index contributed by atoms with van der Waals surface area (Å²) in [5, 5.41) is 0.553. The highest BCUT2D eigenvalue weighted by Crippen LogP contribution is 2.49. The summed E-state index contributed by atoms with van der Waals surface area (Å²) in [7, 11) is 0. The Labute approximate surface area is 237 Å². The molecule has 0 unspecified atom stereocenters. The number of hydrogen-bond donors (Lipinski definition) is 1. The van der Waals surface area contributed by atoms with Gasteiger partial charge in [0.05, 0.1) is 0 Å². The van der Waals surface area contributed by atoms with Crippen LogP contribution in [0.15, 0.2) is 95.3 Å². The van der Waals surface area contributed by atoms with Gasteiger partial charge in [-0.25, -0.2) is 4.79 Å². The summed E-state index contributed by atoms with van der Waals surface area (Å²) in [4.78, 5) is 43.0. The van der Waals surface area contributed by atoms with Crippen LogP contribution in [0.4, 0.5) is 11.4 Å². The fraction of sp³-hybridized carbons (Fsp3) is 0.194. The molecule has 39 heavy (non-hydrogen) atoms. The van der Waals surface area contributed by atoms with Gasteiger partial charge in [-0.05, 0) is 36.3 Å². The number of imide groups is 1. The quantitative estimate of drug-likeness (QED) is 0.138. The number of carbonyl (C=O) groups excluding carboxylic acids is 3. The van der Waals surface area contributed by atoms with Crippen LogP contribution < -0.4 is 4.90 Å². The van der Waals surface area contributed by atoms with Crippen molar-refractivity contribution in [3.05, 3.63) is 112 Å². The van der Waals surface area contributed by atoms with Crippen molar-refractivity contribution in [3.8, 4) is 0 Å². The van der Waals surface area contributed by atoms with E-state index in [4.69, 9.17) is 17.5 Å². The molecule has 1 saturated heterocycles. The molecule has 1 fully saturated rings. The maximum Gasteiger partial charge on any atom is 0.359 e. The van der Waals surface area contributed by atoms with Crippen molar-refractivity contribution in [2.75, 3.05) is 10.7 Å². The van der Waals surface area contributed by atoms with Crippen LogP contribution in [-0.2, 0) is 25.8 Å². The lowest BCUT2D eigenvalue weighted by molar-refractivity contribution is -0.194. The van der Waals surface area contributed by atoms with Crippen molar-refractivity contribution in [2.24, 2.45) is 0 Å². The van der Waals surface area contributed by atoms with Crippen molar-refractivity contribution < 1.29 is 19.2 Å². The molecule has 198 valence electrons. The Hall–Kier alpha value is -3.75. The van der Waals surface area contributed by atoms with Crippen molar-refractivity contribution in [1.29, 1.82) is 0 Å². The maximum absolute atomic E-state index is 12.3. The van der Waals surface area contributed by atoms with E-state index in [1.165, 1.54) is 5.56 Å². The predicted octanol–water partition coefficient (Wildman–Crippen LogP) is 6.66. The van der Waals surface area contributed by atoms with E-state index in [1.807, 2.05) is 18.2 Å². The number of carbonyl (C=O) groups is 3. The molecule has 2 aliphatic rings. The number of thioether (sulfide) groups is 1. The summed E-state index contributed by atoms with van der Waals surface area (Å²) in [6.07, 6.45) is 1.16. The van der Waals surface area contributed by atoms with E-state index in [0.29, 0.717) is 23.7 Å². The number of thiol groups is 1. The largest absolute Gasteiger partial charge is 0.359 e. The fourth-order valence-electron chi connectivity index (χ4n) is 4.72. The highest BCUT2D eigenvalue weighted by Gasteiger charge is 2.33. The summed E-state index contributed by atoms with van der Waals surface area (Å²) in [5.41, 5.74) is 7.04. The molecule has 3 aromatic carbocycles. The number of hydroxylamine groups is 2. The van der Waals surface area contributed by atoms with Gasteiger partial charge in [0.25, 0.3) is 11.8 Å². The molecule has 6 nitrogen and oxygen atoms in total. The first-order chi connectivity index (χ1) is 18.9. The van der Waals surface area contributed by atoms with Gasteiger partial charge in [-0.2, -0.15) is 0 Å². The van der Waals surface area contributed by atoms with E-state index >= 15 is 0 Å². The number of anilines is 2. The number of hydrogen-bond acceptors (Lipinski definition) is 7. The Balaban J connectivity index is 1.29. The van der Waals surface area contributed by atoms with E-state index in [2.05, 4.69) is 72.1 Å². The molecule has 5 rings (SSSR count). The van der Waals surface area contributed by atoms with E-state index in [1.54, 1.807) is 11.8 Å². The van der Waals surface area contributed by atoms with E-state index in [9.17, 15) is 14.4 Å². The van der Waals surface area contributed by atoms with E-state index < -0.39 is 17.8 Å². The minimum atomic E-state index is -0.748. The topological polar surface area (TPSA) is 66.9 Å². The second-order valence-corrected chi connectivity index (χ2v) is 11.2. The van der Waals surface area contributed by atoms with Gasteiger partial charge in [0.15, 0.2) is 0 Å².